The first-order chi connectivity index (χ1) is 27.5. The molecule has 0 N–H and O–H groups in total. The van der Waals surface area contributed by atoms with Gasteiger partial charge >= 0.3 is 0 Å². The van der Waals surface area contributed by atoms with Crippen molar-refractivity contribution in [1.29, 1.82) is 0 Å². The molecule has 1 heterocycles. The normalized spacial score (nSPS) is 20.1. The minimum atomic E-state index is -0.974. The molecule has 0 aliphatic rings. The number of furan rings is 1. The van der Waals surface area contributed by atoms with E-state index in [9.17, 15) is 8.22 Å². The topological polar surface area (TPSA) is 13.1 Å². The summed E-state index contributed by atoms with van der Waals surface area (Å²) in [7, 11) is 0. The maximum absolute atomic E-state index is 9.40. The molecule has 7 aromatic carbocycles. The number of hydrogen-bond acceptors (Lipinski definition) is 1. The third-order valence-corrected chi connectivity index (χ3v) is 6.01. The van der Waals surface area contributed by atoms with Crippen LogP contribution in [0.15, 0.2) is 137 Å². The Morgan fingerprint density at radius 1 is 0.432 bits per heavy atom. The minimum Gasteiger partial charge on any atom is -0.456 e. The van der Waals surface area contributed by atoms with E-state index in [0.29, 0.717) is 0 Å². The van der Waals surface area contributed by atoms with Crippen LogP contribution >= 0.6 is 0 Å². The molecule has 0 aliphatic heterocycles. The molecule has 0 radical (unpaired) electrons. The zero-order valence-electron chi connectivity index (χ0n) is 40.4. The summed E-state index contributed by atoms with van der Waals surface area (Å²) >= 11 is 0. The van der Waals surface area contributed by atoms with Crippen molar-refractivity contribution in [3.63, 3.8) is 0 Å². The predicted molar refractivity (Wildman–Crippen MR) is 157 cm³/mol. The van der Waals surface area contributed by atoms with Gasteiger partial charge in [-0.3, -0.25) is 0 Å². The standard InChI is InChI=1S/C36H22O/c1-3-10-27-23(8-1)20-21-30-32(27)22-26-9-2-4-11-29(26)35(30)25-18-16-24(17-19-25)28-13-7-15-34-36(28)31-12-5-6-14-33(31)37-34/h1-22H/i1D,2D,3D,4D,5D,6D,7D,8D,9D,10D,11D,12D,13D,14D,15D,16D,17D,18D,19D,20D,21D,22D. The van der Waals surface area contributed by atoms with Gasteiger partial charge in [0.1, 0.15) is 11.2 Å². The van der Waals surface area contributed by atoms with Gasteiger partial charge in [-0.25, -0.2) is 0 Å². The molecule has 0 saturated carbocycles. The highest BCUT2D eigenvalue weighted by Gasteiger charge is 2.14. The van der Waals surface area contributed by atoms with Gasteiger partial charge in [-0.15, -0.1) is 0 Å². The highest BCUT2D eigenvalue weighted by atomic mass is 16.3. The molecule has 0 amide bonds. The lowest BCUT2D eigenvalue weighted by Crippen LogP contribution is -1.87. The molecule has 172 valence electrons. The molecule has 0 atom stereocenters. The lowest BCUT2D eigenvalue weighted by Gasteiger charge is -2.14. The van der Waals surface area contributed by atoms with Crippen LogP contribution in [0.2, 0.25) is 0 Å². The molecule has 0 saturated heterocycles. The summed E-state index contributed by atoms with van der Waals surface area (Å²) in [5, 5.41) is -3.92. The van der Waals surface area contributed by atoms with Crippen LogP contribution in [0.5, 0.6) is 0 Å². The Kier molecular flexibility index (Phi) is 1.76. The molecule has 0 unspecified atom stereocenters. The summed E-state index contributed by atoms with van der Waals surface area (Å²) in [4.78, 5) is 0. The number of fused-ring (bicyclic) bond motifs is 7. The maximum atomic E-state index is 9.40. The van der Waals surface area contributed by atoms with Crippen LogP contribution in [-0.4, -0.2) is 0 Å². The van der Waals surface area contributed by atoms with Crippen molar-refractivity contribution in [2.45, 2.75) is 0 Å². The van der Waals surface area contributed by atoms with Crippen LogP contribution in [0.1, 0.15) is 30.2 Å². The second-order valence-electron chi connectivity index (χ2n) is 8.01. The minimum absolute atomic E-state index is 0.374. The van der Waals surface area contributed by atoms with Crippen molar-refractivity contribution in [2.24, 2.45) is 0 Å². The van der Waals surface area contributed by atoms with E-state index in [1.54, 1.807) is 0 Å². The first kappa shape index (κ1) is 8.33. The van der Waals surface area contributed by atoms with Crippen LogP contribution < -0.4 is 0 Å². The van der Waals surface area contributed by atoms with Gasteiger partial charge in [-0.05, 0) is 72.7 Å². The highest BCUT2D eigenvalue weighted by Crippen LogP contribution is 2.41. The molecule has 8 rings (SSSR count). The predicted octanol–water partition coefficient (Wildman–Crippen LogP) is 10.4. The third kappa shape index (κ3) is 3.04. The van der Waals surface area contributed by atoms with Crippen LogP contribution in [-0.2, 0) is 0 Å². The smallest absolute Gasteiger partial charge is 0.136 e. The molecule has 0 fully saturated rings. The molecule has 0 spiro atoms. The van der Waals surface area contributed by atoms with Crippen molar-refractivity contribution < 1.29 is 34.6 Å². The summed E-state index contributed by atoms with van der Waals surface area (Å²) < 4.78 is 199. The van der Waals surface area contributed by atoms with Gasteiger partial charge in [0.05, 0.1) is 30.2 Å². The first-order valence-corrected chi connectivity index (χ1v) is 10.9. The van der Waals surface area contributed by atoms with Gasteiger partial charge in [0.25, 0.3) is 0 Å². The van der Waals surface area contributed by atoms with Crippen LogP contribution in [0.4, 0.5) is 0 Å². The molecular formula is C36H22O. The van der Waals surface area contributed by atoms with E-state index in [2.05, 4.69) is 0 Å². The van der Waals surface area contributed by atoms with Crippen LogP contribution in [0, 0.1) is 0 Å². The number of hydrogen-bond donors (Lipinski definition) is 0. The van der Waals surface area contributed by atoms with Gasteiger partial charge in [0, 0.05) is 10.8 Å². The maximum Gasteiger partial charge on any atom is 0.136 e. The molecule has 1 nitrogen and oxygen atoms in total. The summed E-state index contributed by atoms with van der Waals surface area (Å²) in [5.41, 5.74) is -3.58. The van der Waals surface area contributed by atoms with Gasteiger partial charge in [-0.2, -0.15) is 0 Å². The Balaban J connectivity index is 1.66. The van der Waals surface area contributed by atoms with Crippen LogP contribution in [0.25, 0.3) is 76.5 Å². The molecule has 1 heteroatoms. The van der Waals surface area contributed by atoms with Crippen molar-refractivity contribution in [3.8, 4) is 22.3 Å². The zero-order chi connectivity index (χ0) is 43.5. The Bertz CT molecular complexity index is 3320. The van der Waals surface area contributed by atoms with E-state index in [1.165, 1.54) is 0 Å². The zero-order valence-corrected chi connectivity index (χ0v) is 18.4. The number of rotatable bonds is 2. The van der Waals surface area contributed by atoms with Gasteiger partial charge in [-0.1, -0.05) is 115 Å². The quantitative estimate of drug-likeness (QED) is 0.173. The average molecular weight is 493 g/mol. The lowest BCUT2D eigenvalue weighted by atomic mass is 9.89. The first-order valence-electron chi connectivity index (χ1n) is 21.9. The van der Waals surface area contributed by atoms with E-state index in [1.807, 2.05) is 0 Å². The number of benzene rings is 7. The van der Waals surface area contributed by atoms with Gasteiger partial charge < -0.3 is 4.42 Å². The molecule has 0 bridgehead atoms. The van der Waals surface area contributed by atoms with Crippen molar-refractivity contribution in [2.75, 3.05) is 0 Å². The lowest BCUT2D eigenvalue weighted by molar-refractivity contribution is 0.669. The summed E-state index contributed by atoms with van der Waals surface area (Å²) in [5.74, 6) is 0. The Labute approximate surface area is 245 Å². The van der Waals surface area contributed by atoms with Crippen molar-refractivity contribution in [1.82, 2.24) is 0 Å². The fourth-order valence-corrected chi connectivity index (χ4v) is 4.42. The molecular weight excluding hydrogens is 448 g/mol. The fourth-order valence-electron chi connectivity index (χ4n) is 4.42. The van der Waals surface area contributed by atoms with E-state index < -0.39 is 199 Å². The summed E-state index contributed by atoms with van der Waals surface area (Å²) in [6.45, 7) is 0. The molecule has 37 heavy (non-hydrogen) atoms. The van der Waals surface area contributed by atoms with E-state index in [4.69, 9.17) is 26.3 Å². The summed E-state index contributed by atoms with van der Waals surface area (Å²) in [6.07, 6.45) is 0. The SMILES string of the molecule is [2H]c1c([2H])c(-c2c([2H])c([2H])c([2H])c3oc4c([2H])c([2H])c([2H])c([2H])c4c23)c([2H])c([2H])c1-c1c2c([2H])c([2H])c([2H])c([2H])c2c([2H])c2c1c([2H])c([2H])c1c([2H])c([2H])c([2H])c([2H])c12. The van der Waals surface area contributed by atoms with E-state index >= 15 is 0 Å². The fraction of sp³-hybridized carbons (Fsp3) is 0. The molecule has 1 aromatic heterocycles. The molecule has 0 aliphatic carbocycles. The van der Waals surface area contributed by atoms with Crippen LogP contribution in [0.3, 0.4) is 0 Å². The summed E-state index contributed by atoms with van der Waals surface area (Å²) in [6, 6.07) is -17.8. The molecule has 8 aromatic rings. The van der Waals surface area contributed by atoms with Crippen molar-refractivity contribution in [3.05, 3.63) is 133 Å². The average Bonchev–Trinajstić information content (AvgIpc) is 3.61. The monoisotopic (exact) mass is 492 g/mol. The Morgan fingerprint density at radius 3 is 1.97 bits per heavy atom. The second kappa shape index (κ2) is 7.81. The Morgan fingerprint density at radius 2 is 1.11 bits per heavy atom. The third-order valence-electron chi connectivity index (χ3n) is 6.01. The second-order valence-corrected chi connectivity index (χ2v) is 8.01. The Hall–Kier alpha value is -4.88. The number of para-hydroxylation sites is 1. The van der Waals surface area contributed by atoms with E-state index in [0.717, 1.165) is 0 Å². The largest absolute Gasteiger partial charge is 0.456 e. The highest BCUT2D eigenvalue weighted by molar-refractivity contribution is 6.20. The van der Waals surface area contributed by atoms with Crippen molar-refractivity contribution >= 4 is 54.3 Å². The van der Waals surface area contributed by atoms with Gasteiger partial charge in [0.2, 0.25) is 0 Å². The van der Waals surface area contributed by atoms with E-state index in [-0.39, 0.29) is 10.8 Å². The van der Waals surface area contributed by atoms with Gasteiger partial charge in [0.15, 0.2) is 0 Å².